The Labute approximate surface area is 137 Å². The number of hydrogen-bond donors (Lipinski definition) is 2. The third kappa shape index (κ3) is 3.22. The van der Waals surface area contributed by atoms with Crippen molar-refractivity contribution in [2.45, 2.75) is 45.1 Å². The molecule has 4 heteroatoms. The zero-order valence-corrected chi connectivity index (χ0v) is 13.9. The maximum Gasteiger partial charge on any atom is 0.252 e. The molecule has 3 N–H and O–H groups in total. The van der Waals surface area contributed by atoms with Gasteiger partial charge in [-0.1, -0.05) is 38.5 Å². The van der Waals surface area contributed by atoms with Gasteiger partial charge in [-0.05, 0) is 43.4 Å². The van der Waals surface area contributed by atoms with Crippen LogP contribution in [0.25, 0.3) is 10.9 Å². The summed E-state index contributed by atoms with van der Waals surface area (Å²) in [4.78, 5) is 17.6. The number of benzene rings is 1. The fourth-order valence-corrected chi connectivity index (χ4v) is 3.43. The standard InChI is InChI=1S/C19H25N3O/c1-12(2)18-10-15(14-7-3-4-8-17(14)21-18)19(23)22-16-9-5-6-13(16)11-20/h3-4,7-8,10,12-13,16H,5-6,9,11,20H2,1-2H3,(H,22,23). The molecule has 0 aliphatic heterocycles. The largest absolute Gasteiger partial charge is 0.349 e. The van der Waals surface area contributed by atoms with E-state index in [0.717, 1.165) is 41.4 Å². The van der Waals surface area contributed by atoms with Crippen LogP contribution >= 0.6 is 0 Å². The zero-order valence-electron chi connectivity index (χ0n) is 13.9. The van der Waals surface area contributed by atoms with Crippen LogP contribution in [0.4, 0.5) is 0 Å². The van der Waals surface area contributed by atoms with Gasteiger partial charge in [0.25, 0.3) is 5.91 Å². The van der Waals surface area contributed by atoms with Gasteiger partial charge in [0.05, 0.1) is 11.1 Å². The highest BCUT2D eigenvalue weighted by Crippen LogP contribution is 2.26. The van der Waals surface area contributed by atoms with Gasteiger partial charge < -0.3 is 11.1 Å². The molecule has 0 spiro atoms. The normalized spacial score (nSPS) is 21.0. The highest BCUT2D eigenvalue weighted by molar-refractivity contribution is 6.06. The number of nitrogens with two attached hydrogens (primary N) is 1. The van der Waals surface area contributed by atoms with Crippen molar-refractivity contribution in [3.63, 3.8) is 0 Å². The van der Waals surface area contributed by atoms with E-state index in [1.807, 2.05) is 30.3 Å². The van der Waals surface area contributed by atoms with Crippen molar-refractivity contribution in [3.8, 4) is 0 Å². The van der Waals surface area contributed by atoms with Crippen LogP contribution in [0.1, 0.15) is 55.1 Å². The molecule has 0 radical (unpaired) electrons. The van der Waals surface area contributed by atoms with E-state index in [2.05, 4.69) is 24.1 Å². The third-order valence-electron chi connectivity index (χ3n) is 4.85. The van der Waals surface area contributed by atoms with Crippen LogP contribution in [-0.2, 0) is 0 Å². The quantitative estimate of drug-likeness (QED) is 0.911. The van der Waals surface area contributed by atoms with Crippen molar-refractivity contribution in [2.24, 2.45) is 11.7 Å². The first-order chi connectivity index (χ1) is 11.1. The molecule has 1 heterocycles. The summed E-state index contributed by atoms with van der Waals surface area (Å²) in [6, 6.07) is 9.99. The lowest BCUT2D eigenvalue weighted by Gasteiger charge is -2.20. The van der Waals surface area contributed by atoms with Gasteiger partial charge in [-0.3, -0.25) is 9.78 Å². The Balaban J connectivity index is 1.95. The van der Waals surface area contributed by atoms with Crippen LogP contribution in [0.5, 0.6) is 0 Å². The van der Waals surface area contributed by atoms with E-state index in [-0.39, 0.29) is 17.9 Å². The van der Waals surface area contributed by atoms with Crippen LogP contribution in [0.3, 0.4) is 0 Å². The second-order valence-electron chi connectivity index (χ2n) is 6.77. The van der Waals surface area contributed by atoms with Crippen molar-refractivity contribution in [2.75, 3.05) is 6.54 Å². The number of nitrogens with zero attached hydrogens (tertiary/aromatic N) is 1. The van der Waals surface area contributed by atoms with E-state index in [1.54, 1.807) is 0 Å². The summed E-state index contributed by atoms with van der Waals surface area (Å²) in [7, 11) is 0. The van der Waals surface area contributed by atoms with E-state index >= 15 is 0 Å². The van der Waals surface area contributed by atoms with Gasteiger partial charge in [0.15, 0.2) is 0 Å². The molecule has 1 aromatic heterocycles. The van der Waals surface area contributed by atoms with Gasteiger partial charge in [-0.25, -0.2) is 0 Å². The van der Waals surface area contributed by atoms with Crippen molar-refractivity contribution in [1.29, 1.82) is 0 Å². The third-order valence-corrected chi connectivity index (χ3v) is 4.85. The lowest BCUT2D eigenvalue weighted by Crippen LogP contribution is -2.40. The van der Waals surface area contributed by atoms with Crippen LogP contribution in [0.2, 0.25) is 0 Å². The molecule has 2 atom stereocenters. The number of hydrogen-bond acceptors (Lipinski definition) is 3. The number of carbonyl (C=O) groups is 1. The van der Waals surface area contributed by atoms with Crippen molar-refractivity contribution in [3.05, 3.63) is 41.6 Å². The minimum atomic E-state index is -0.00384. The summed E-state index contributed by atoms with van der Waals surface area (Å²) in [6.45, 7) is 4.83. The maximum absolute atomic E-state index is 12.9. The first-order valence-corrected chi connectivity index (χ1v) is 8.50. The molecule has 1 aromatic carbocycles. The van der Waals surface area contributed by atoms with Gasteiger partial charge in [-0.2, -0.15) is 0 Å². The van der Waals surface area contributed by atoms with Crippen LogP contribution in [0.15, 0.2) is 30.3 Å². The molecule has 3 rings (SSSR count). The Bertz CT molecular complexity index is 711. The number of fused-ring (bicyclic) bond motifs is 1. The number of para-hydroxylation sites is 1. The summed E-state index contributed by atoms with van der Waals surface area (Å²) in [5.41, 5.74) is 8.39. The summed E-state index contributed by atoms with van der Waals surface area (Å²) in [5.74, 6) is 0.682. The number of nitrogens with one attached hydrogen (secondary N) is 1. The number of amides is 1. The van der Waals surface area contributed by atoms with Crippen LogP contribution in [-0.4, -0.2) is 23.5 Å². The Hall–Kier alpha value is -1.94. The number of aromatic nitrogens is 1. The first-order valence-electron chi connectivity index (χ1n) is 8.50. The molecule has 122 valence electrons. The monoisotopic (exact) mass is 311 g/mol. The van der Waals surface area contributed by atoms with Crippen molar-refractivity contribution in [1.82, 2.24) is 10.3 Å². The Morgan fingerprint density at radius 3 is 2.87 bits per heavy atom. The average Bonchev–Trinajstić information content (AvgIpc) is 3.00. The second kappa shape index (κ2) is 6.67. The van der Waals surface area contributed by atoms with Gasteiger partial charge in [0.2, 0.25) is 0 Å². The molecule has 1 saturated carbocycles. The van der Waals surface area contributed by atoms with Gasteiger partial charge >= 0.3 is 0 Å². The lowest BCUT2D eigenvalue weighted by atomic mass is 10.0. The number of pyridine rings is 1. The van der Waals surface area contributed by atoms with E-state index < -0.39 is 0 Å². The first kappa shape index (κ1) is 15.9. The molecular formula is C19H25N3O. The van der Waals surface area contributed by atoms with Crippen molar-refractivity contribution >= 4 is 16.8 Å². The van der Waals surface area contributed by atoms with E-state index in [4.69, 9.17) is 5.73 Å². The summed E-state index contributed by atoms with van der Waals surface area (Å²) in [5, 5.41) is 4.12. The smallest absolute Gasteiger partial charge is 0.252 e. The summed E-state index contributed by atoms with van der Waals surface area (Å²) < 4.78 is 0. The number of carbonyl (C=O) groups excluding carboxylic acids is 1. The van der Waals surface area contributed by atoms with Gasteiger partial charge in [-0.15, -0.1) is 0 Å². The minimum absolute atomic E-state index is 0.00384. The van der Waals surface area contributed by atoms with Crippen LogP contribution in [0, 0.1) is 5.92 Å². The minimum Gasteiger partial charge on any atom is -0.349 e. The molecule has 0 saturated heterocycles. The molecule has 1 aliphatic rings. The SMILES string of the molecule is CC(C)c1cc(C(=O)NC2CCCC2CN)c2ccccc2n1. The van der Waals surface area contributed by atoms with E-state index in [1.165, 1.54) is 0 Å². The Kier molecular flexibility index (Phi) is 4.62. The number of rotatable bonds is 4. The van der Waals surface area contributed by atoms with E-state index in [0.29, 0.717) is 12.5 Å². The molecule has 2 aromatic rings. The second-order valence-corrected chi connectivity index (χ2v) is 6.77. The molecule has 1 fully saturated rings. The Morgan fingerprint density at radius 2 is 2.13 bits per heavy atom. The summed E-state index contributed by atoms with van der Waals surface area (Å²) in [6.07, 6.45) is 3.27. The van der Waals surface area contributed by atoms with Crippen molar-refractivity contribution < 1.29 is 4.79 Å². The predicted molar refractivity (Wildman–Crippen MR) is 93.5 cm³/mol. The predicted octanol–water partition coefficient (Wildman–Crippen LogP) is 3.22. The maximum atomic E-state index is 12.9. The molecule has 1 aliphatic carbocycles. The molecule has 2 unspecified atom stereocenters. The fraction of sp³-hybridized carbons (Fsp3) is 0.474. The highest BCUT2D eigenvalue weighted by Gasteiger charge is 2.28. The highest BCUT2D eigenvalue weighted by atomic mass is 16.1. The molecular weight excluding hydrogens is 286 g/mol. The lowest BCUT2D eigenvalue weighted by molar-refractivity contribution is 0.0930. The molecule has 1 amide bonds. The average molecular weight is 311 g/mol. The Morgan fingerprint density at radius 1 is 1.35 bits per heavy atom. The van der Waals surface area contributed by atoms with Gasteiger partial charge in [0, 0.05) is 17.1 Å². The molecule has 0 bridgehead atoms. The topological polar surface area (TPSA) is 68.0 Å². The van der Waals surface area contributed by atoms with Gasteiger partial charge in [0.1, 0.15) is 0 Å². The summed E-state index contributed by atoms with van der Waals surface area (Å²) >= 11 is 0. The fourth-order valence-electron chi connectivity index (χ4n) is 3.43. The molecule has 23 heavy (non-hydrogen) atoms. The zero-order chi connectivity index (χ0) is 16.4. The molecule has 4 nitrogen and oxygen atoms in total. The van der Waals surface area contributed by atoms with E-state index in [9.17, 15) is 4.79 Å². The van der Waals surface area contributed by atoms with Crippen LogP contribution < -0.4 is 11.1 Å².